The number of carbonyl (C=O) groups is 1. The van der Waals surface area contributed by atoms with Crippen molar-refractivity contribution < 1.29 is 18.3 Å². The van der Waals surface area contributed by atoms with Crippen molar-refractivity contribution in [3.63, 3.8) is 0 Å². The Balaban J connectivity index is 1.41. The number of allylic oxidation sites excluding steroid dienone is 1. The maximum Gasteiger partial charge on any atom is 0.291 e. The van der Waals surface area contributed by atoms with Gasteiger partial charge < -0.3 is 14.0 Å². The highest BCUT2D eigenvalue weighted by Gasteiger charge is 2.29. The molecule has 4 aromatic rings. The van der Waals surface area contributed by atoms with Crippen LogP contribution in [-0.2, 0) is 10.7 Å². The van der Waals surface area contributed by atoms with Crippen LogP contribution >= 0.6 is 0 Å². The number of pyridine rings is 1. The van der Waals surface area contributed by atoms with Crippen molar-refractivity contribution >= 4 is 11.4 Å². The highest BCUT2D eigenvalue weighted by molar-refractivity contribution is 5.87. The van der Waals surface area contributed by atoms with Gasteiger partial charge in [0.1, 0.15) is 5.75 Å². The van der Waals surface area contributed by atoms with E-state index in [9.17, 15) is 13.6 Å². The van der Waals surface area contributed by atoms with Gasteiger partial charge in [-0.05, 0) is 72.2 Å². The molecular formula is C28H24F2N4O2. The summed E-state index contributed by atoms with van der Waals surface area (Å²) in [7, 11) is 0. The van der Waals surface area contributed by atoms with Crippen LogP contribution in [0.3, 0.4) is 0 Å². The average molecular weight is 487 g/mol. The second-order valence-electron chi connectivity index (χ2n) is 8.63. The van der Waals surface area contributed by atoms with E-state index in [1.807, 2.05) is 27.5 Å². The van der Waals surface area contributed by atoms with Crippen LogP contribution in [0.1, 0.15) is 23.5 Å². The van der Waals surface area contributed by atoms with Crippen molar-refractivity contribution in [2.45, 2.75) is 18.3 Å². The molecule has 0 saturated carbocycles. The van der Waals surface area contributed by atoms with Crippen LogP contribution in [0.25, 0.3) is 16.8 Å². The van der Waals surface area contributed by atoms with Gasteiger partial charge in [0.25, 0.3) is 5.92 Å². The lowest BCUT2D eigenvalue weighted by Gasteiger charge is -2.13. The second-order valence-corrected chi connectivity index (χ2v) is 8.63. The fourth-order valence-electron chi connectivity index (χ4n) is 4.58. The van der Waals surface area contributed by atoms with Crippen LogP contribution in [0.2, 0.25) is 0 Å². The maximum absolute atomic E-state index is 13.9. The number of alkyl halides is 2. The zero-order valence-corrected chi connectivity index (χ0v) is 19.5. The monoisotopic (exact) mass is 486 g/mol. The Morgan fingerprint density at radius 2 is 1.92 bits per heavy atom. The molecule has 182 valence electrons. The van der Waals surface area contributed by atoms with E-state index in [0.717, 1.165) is 28.8 Å². The highest BCUT2D eigenvalue weighted by atomic mass is 19.3. The smallest absolute Gasteiger partial charge is 0.291 e. The van der Waals surface area contributed by atoms with Crippen molar-refractivity contribution in [3.8, 4) is 22.9 Å². The molecule has 0 N–H and O–H groups in total. The van der Waals surface area contributed by atoms with Crippen LogP contribution < -0.4 is 4.74 Å². The van der Waals surface area contributed by atoms with Gasteiger partial charge in [-0.3, -0.25) is 4.79 Å². The minimum atomic E-state index is -3.16. The first-order valence-corrected chi connectivity index (χ1v) is 11.5. The van der Waals surface area contributed by atoms with E-state index in [0.29, 0.717) is 24.9 Å². The van der Waals surface area contributed by atoms with Gasteiger partial charge >= 0.3 is 0 Å². The van der Waals surface area contributed by atoms with Crippen LogP contribution in [-0.4, -0.2) is 38.3 Å². The van der Waals surface area contributed by atoms with Crippen molar-refractivity contribution in [2.24, 2.45) is 0 Å². The molecule has 1 atom stereocenters. The summed E-state index contributed by atoms with van der Waals surface area (Å²) in [4.78, 5) is 22.2. The quantitative estimate of drug-likeness (QED) is 0.239. The summed E-state index contributed by atoms with van der Waals surface area (Å²) in [5.41, 5.74) is 3.87. The van der Waals surface area contributed by atoms with E-state index in [2.05, 4.69) is 29.2 Å². The Bertz CT molecular complexity index is 1450. The second kappa shape index (κ2) is 9.37. The first-order chi connectivity index (χ1) is 17.4. The summed E-state index contributed by atoms with van der Waals surface area (Å²) in [6.07, 6.45) is 7.64. The number of ether oxygens (including phenoxy) is 1. The number of rotatable bonds is 7. The molecule has 1 aromatic carbocycles. The topological polar surface area (TPSA) is 59.7 Å². The molecule has 1 saturated heterocycles. The molecule has 36 heavy (non-hydrogen) atoms. The largest absolute Gasteiger partial charge is 0.439 e. The Kier molecular flexibility index (Phi) is 6.10. The predicted octanol–water partition coefficient (Wildman–Crippen LogP) is 5.97. The van der Waals surface area contributed by atoms with Crippen LogP contribution in [0, 0.1) is 0 Å². The van der Waals surface area contributed by atoms with Crippen molar-refractivity contribution in [3.05, 3.63) is 104 Å². The Labute approximate surface area is 207 Å². The van der Waals surface area contributed by atoms with Gasteiger partial charge in [0.05, 0.1) is 17.5 Å². The summed E-state index contributed by atoms with van der Waals surface area (Å²) >= 11 is 0. The number of nitrogens with zero attached hydrogens (tertiary/aromatic N) is 4. The van der Waals surface area contributed by atoms with Gasteiger partial charge in [0, 0.05) is 43.0 Å². The molecule has 0 bridgehead atoms. The number of carbonyl (C=O) groups excluding carboxylic acids is 1. The highest BCUT2D eigenvalue weighted by Crippen LogP contribution is 2.36. The maximum atomic E-state index is 13.9. The molecule has 0 spiro atoms. The zero-order chi connectivity index (χ0) is 25.3. The molecule has 4 heterocycles. The molecule has 1 unspecified atom stereocenters. The lowest BCUT2D eigenvalue weighted by molar-refractivity contribution is -0.125. The number of hydrogen-bond acceptors (Lipinski definition) is 4. The number of amides is 1. The number of halogens is 2. The molecule has 1 aliphatic heterocycles. The predicted molar refractivity (Wildman–Crippen MR) is 133 cm³/mol. The third-order valence-corrected chi connectivity index (χ3v) is 6.47. The number of hydrogen-bond donors (Lipinski definition) is 0. The molecular weight excluding hydrogens is 462 g/mol. The molecule has 8 heteroatoms. The zero-order valence-electron chi connectivity index (χ0n) is 19.5. The van der Waals surface area contributed by atoms with E-state index in [1.165, 1.54) is 24.4 Å². The first kappa shape index (κ1) is 23.4. The summed E-state index contributed by atoms with van der Waals surface area (Å²) in [6.45, 7) is 8.13. The molecule has 1 aliphatic rings. The SMILES string of the molecule is C=CC(=O)N1CCC(c2cc(-c3ccc(Oc4cc(C(F)(F)C=C)ccn4)cc3)n3cnccc23)C1. The van der Waals surface area contributed by atoms with Crippen LogP contribution in [0.5, 0.6) is 11.6 Å². The van der Waals surface area contributed by atoms with Gasteiger partial charge in [-0.2, -0.15) is 8.78 Å². The fourth-order valence-corrected chi connectivity index (χ4v) is 4.58. The minimum absolute atomic E-state index is 0.0493. The summed E-state index contributed by atoms with van der Waals surface area (Å²) < 4.78 is 35.6. The normalized spacial score (nSPS) is 15.7. The third kappa shape index (κ3) is 4.37. The Morgan fingerprint density at radius 3 is 2.67 bits per heavy atom. The van der Waals surface area contributed by atoms with E-state index in [-0.39, 0.29) is 23.3 Å². The molecule has 1 amide bonds. The summed E-state index contributed by atoms with van der Waals surface area (Å²) in [5, 5.41) is 0. The molecule has 0 aliphatic carbocycles. The van der Waals surface area contributed by atoms with Gasteiger partial charge in [-0.15, -0.1) is 0 Å². The Hall–Kier alpha value is -4.33. The fraction of sp³-hybridized carbons (Fsp3) is 0.179. The first-order valence-electron chi connectivity index (χ1n) is 11.5. The molecule has 6 nitrogen and oxygen atoms in total. The van der Waals surface area contributed by atoms with Crippen LogP contribution in [0.4, 0.5) is 8.78 Å². The summed E-state index contributed by atoms with van der Waals surface area (Å²) in [6, 6.07) is 13.9. The third-order valence-electron chi connectivity index (χ3n) is 6.47. The Morgan fingerprint density at radius 1 is 1.11 bits per heavy atom. The molecule has 3 aromatic heterocycles. The van der Waals surface area contributed by atoms with E-state index < -0.39 is 5.92 Å². The lowest BCUT2D eigenvalue weighted by atomic mass is 9.99. The van der Waals surface area contributed by atoms with Crippen molar-refractivity contribution in [1.29, 1.82) is 0 Å². The van der Waals surface area contributed by atoms with Crippen molar-refractivity contribution in [1.82, 2.24) is 19.3 Å². The van der Waals surface area contributed by atoms with E-state index in [4.69, 9.17) is 4.74 Å². The van der Waals surface area contributed by atoms with Crippen LogP contribution in [0.15, 0.2) is 92.6 Å². The van der Waals surface area contributed by atoms with Gasteiger partial charge in [0.2, 0.25) is 11.8 Å². The molecule has 5 rings (SSSR count). The number of likely N-dealkylation sites (tertiary alicyclic amines) is 1. The van der Waals surface area contributed by atoms with Crippen molar-refractivity contribution in [2.75, 3.05) is 13.1 Å². The lowest BCUT2D eigenvalue weighted by Crippen LogP contribution is -2.26. The van der Waals surface area contributed by atoms with E-state index in [1.54, 1.807) is 24.7 Å². The standard InChI is InChI=1S/C28H24F2N4O2/c1-3-27(35)33-14-11-20(17-33)23-16-25(34-18-31-12-10-24(23)34)19-5-7-22(8-6-19)36-26-15-21(9-13-32-26)28(29,30)4-2/h3-10,12-13,15-16,18,20H,1-2,11,14,17H2. The van der Waals surface area contributed by atoms with E-state index >= 15 is 0 Å². The average Bonchev–Trinajstić information content (AvgIpc) is 3.54. The number of benzene rings is 1. The van der Waals surface area contributed by atoms with Gasteiger partial charge in [0.15, 0.2) is 0 Å². The molecule has 1 fully saturated rings. The molecule has 0 radical (unpaired) electrons. The summed E-state index contributed by atoms with van der Waals surface area (Å²) in [5.74, 6) is -2.45. The van der Waals surface area contributed by atoms with Gasteiger partial charge in [-0.25, -0.2) is 9.97 Å². The number of fused-ring (bicyclic) bond motifs is 1. The van der Waals surface area contributed by atoms with Gasteiger partial charge in [-0.1, -0.05) is 13.2 Å². The minimum Gasteiger partial charge on any atom is -0.439 e. The number of aromatic nitrogens is 3.